The van der Waals surface area contributed by atoms with Gasteiger partial charge in [-0.3, -0.25) is 20.4 Å². The van der Waals surface area contributed by atoms with Crippen molar-refractivity contribution in [1.82, 2.24) is 15.8 Å². The molecule has 0 aliphatic rings. The molecule has 28 heavy (non-hydrogen) atoms. The maximum atomic E-state index is 11.9. The second kappa shape index (κ2) is 9.08. The third-order valence-electron chi connectivity index (χ3n) is 4.43. The number of hydrogen-bond acceptors (Lipinski definition) is 3. The van der Waals surface area contributed by atoms with Crippen molar-refractivity contribution < 1.29 is 14.3 Å². The van der Waals surface area contributed by atoms with Crippen molar-refractivity contribution in [2.75, 3.05) is 6.61 Å². The first-order valence-corrected chi connectivity index (χ1v) is 9.35. The molecule has 0 atom stereocenters. The Kier molecular flexibility index (Phi) is 6.32. The van der Waals surface area contributed by atoms with Gasteiger partial charge in [-0.15, -0.1) is 0 Å². The van der Waals surface area contributed by atoms with Crippen LogP contribution in [0.4, 0.5) is 0 Å². The van der Waals surface area contributed by atoms with Crippen molar-refractivity contribution >= 4 is 22.7 Å². The van der Waals surface area contributed by atoms with Crippen molar-refractivity contribution in [2.45, 2.75) is 33.1 Å². The number of aryl methyl sites for hydroxylation is 3. The molecule has 0 saturated carbocycles. The number of fused-ring (bicyclic) bond motifs is 1. The average molecular weight is 379 g/mol. The van der Waals surface area contributed by atoms with Gasteiger partial charge in [0.1, 0.15) is 5.75 Å². The fourth-order valence-electron chi connectivity index (χ4n) is 3.18. The number of H-pyrrole nitrogens is 1. The minimum absolute atomic E-state index is 0.154. The number of para-hydroxylation sites is 1. The molecule has 3 aromatic rings. The van der Waals surface area contributed by atoms with Crippen molar-refractivity contribution in [1.29, 1.82) is 0 Å². The van der Waals surface area contributed by atoms with E-state index < -0.39 is 5.91 Å². The Morgan fingerprint density at radius 3 is 2.50 bits per heavy atom. The summed E-state index contributed by atoms with van der Waals surface area (Å²) in [4.78, 5) is 27.0. The monoisotopic (exact) mass is 379 g/mol. The number of benzene rings is 2. The normalized spacial score (nSPS) is 10.6. The van der Waals surface area contributed by atoms with Gasteiger partial charge in [0.15, 0.2) is 6.61 Å². The molecule has 0 radical (unpaired) electrons. The number of carbonyl (C=O) groups is 2. The molecule has 0 aliphatic carbocycles. The van der Waals surface area contributed by atoms with Gasteiger partial charge in [0.05, 0.1) is 0 Å². The van der Waals surface area contributed by atoms with Crippen LogP contribution in [0.25, 0.3) is 10.9 Å². The third kappa shape index (κ3) is 5.36. The zero-order chi connectivity index (χ0) is 19.9. The van der Waals surface area contributed by atoms with E-state index in [0.717, 1.165) is 23.1 Å². The first-order chi connectivity index (χ1) is 13.5. The predicted molar refractivity (Wildman–Crippen MR) is 109 cm³/mol. The van der Waals surface area contributed by atoms with Crippen molar-refractivity contribution in [3.8, 4) is 5.75 Å². The van der Waals surface area contributed by atoms with E-state index in [2.05, 4.69) is 21.9 Å². The second-order valence-electron chi connectivity index (χ2n) is 6.92. The highest BCUT2D eigenvalue weighted by Gasteiger charge is 2.08. The number of nitrogens with one attached hydrogen (secondary N) is 3. The molecule has 3 rings (SSSR count). The lowest BCUT2D eigenvalue weighted by molar-refractivity contribution is -0.130. The molecule has 0 saturated heterocycles. The van der Waals surface area contributed by atoms with Gasteiger partial charge in [-0.25, -0.2) is 0 Å². The van der Waals surface area contributed by atoms with Gasteiger partial charge in [-0.05, 0) is 61.6 Å². The first-order valence-electron chi connectivity index (χ1n) is 9.35. The number of carbonyl (C=O) groups excluding carboxylic acids is 2. The summed E-state index contributed by atoms with van der Waals surface area (Å²) in [5.41, 5.74) is 9.24. The molecule has 3 N–H and O–H groups in total. The van der Waals surface area contributed by atoms with E-state index in [1.165, 1.54) is 10.9 Å². The Balaban J connectivity index is 1.36. The maximum Gasteiger partial charge on any atom is 0.276 e. The molecular formula is C22H25N3O3. The van der Waals surface area contributed by atoms with Gasteiger partial charge >= 0.3 is 0 Å². The zero-order valence-electron chi connectivity index (χ0n) is 16.2. The third-order valence-corrected chi connectivity index (χ3v) is 4.43. The summed E-state index contributed by atoms with van der Waals surface area (Å²) in [5, 5.41) is 1.18. The lowest BCUT2D eigenvalue weighted by Gasteiger charge is -2.10. The standard InChI is InChI=1S/C22H25N3O3/c1-15-10-16(2)12-18(11-15)28-14-22(27)25-24-21(26)9-5-6-17-13-23-20-8-4-3-7-19(17)20/h3-4,7-8,10-13,23H,5-6,9,14H2,1-2H3,(H,24,26)(H,25,27). The molecule has 6 heteroatoms. The van der Waals surface area contributed by atoms with E-state index in [-0.39, 0.29) is 12.5 Å². The van der Waals surface area contributed by atoms with E-state index >= 15 is 0 Å². The smallest absolute Gasteiger partial charge is 0.276 e. The van der Waals surface area contributed by atoms with E-state index in [4.69, 9.17) is 4.74 Å². The minimum Gasteiger partial charge on any atom is -0.484 e. The van der Waals surface area contributed by atoms with Crippen LogP contribution in [0.1, 0.15) is 29.5 Å². The van der Waals surface area contributed by atoms with Crippen LogP contribution >= 0.6 is 0 Å². The highest BCUT2D eigenvalue weighted by Crippen LogP contribution is 2.19. The number of amides is 2. The van der Waals surface area contributed by atoms with Crippen LogP contribution in [-0.4, -0.2) is 23.4 Å². The molecule has 1 heterocycles. The number of hydrogen-bond donors (Lipinski definition) is 3. The highest BCUT2D eigenvalue weighted by atomic mass is 16.5. The summed E-state index contributed by atoms with van der Waals surface area (Å²) in [6, 6.07) is 13.8. The maximum absolute atomic E-state index is 11.9. The molecular weight excluding hydrogens is 354 g/mol. The van der Waals surface area contributed by atoms with Crippen LogP contribution in [0.3, 0.4) is 0 Å². The zero-order valence-corrected chi connectivity index (χ0v) is 16.2. The van der Waals surface area contributed by atoms with Crippen LogP contribution in [0.5, 0.6) is 5.75 Å². The fourth-order valence-corrected chi connectivity index (χ4v) is 3.18. The predicted octanol–water partition coefficient (Wildman–Crippen LogP) is 3.33. The number of aromatic amines is 1. The summed E-state index contributed by atoms with van der Waals surface area (Å²) in [7, 11) is 0. The van der Waals surface area contributed by atoms with Gasteiger partial charge in [0.2, 0.25) is 5.91 Å². The summed E-state index contributed by atoms with van der Waals surface area (Å²) < 4.78 is 5.47. The molecule has 0 fully saturated rings. The number of ether oxygens (including phenoxy) is 1. The molecule has 0 bridgehead atoms. The van der Waals surface area contributed by atoms with Crippen LogP contribution in [0, 0.1) is 13.8 Å². The summed E-state index contributed by atoms with van der Waals surface area (Å²) in [5.74, 6) is 0.0152. The Bertz CT molecular complexity index is 958. The molecule has 146 valence electrons. The Morgan fingerprint density at radius 2 is 1.71 bits per heavy atom. The quantitative estimate of drug-likeness (QED) is 0.551. The van der Waals surface area contributed by atoms with E-state index in [1.54, 1.807) is 0 Å². The SMILES string of the molecule is Cc1cc(C)cc(OCC(=O)NNC(=O)CCCc2c[nH]c3ccccc23)c1. The molecule has 0 unspecified atom stereocenters. The molecule has 6 nitrogen and oxygen atoms in total. The van der Waals surface area contributed by atoms with Crippen LogP contribution in [-0.2, 0) is 16.0 Å². The van der Waals surface area contributed by atoms with Crippen LogP contribution in [0.2, 0.25) is 0 Å². The fraction of sp³-hybridized carbons (Fsp3) is 0.273. The highest BCUT2D eigenvalue weighted by molar-refractivity contribution is 5.84. The van der Waals surface area contributed by atoms with Gasteiger partial charge in [0.25, 0.3) is 5.91 Å². The molecule has 2 aromatic carbocycles. The van der Waals surface area contributed by atoms with E-state index in [9.17, 15) is 9.59 Å². The van der Waals surface area contributed by atoms with E-state index in [1.807, 2.05) is 56.4 Å². The molecule has 1 aromatic heterocycles. The largest absolute Gasteiger partial charge is 0.484 e. The lowest BCUT2D eigenvalue weighted by Crippen LogP contribution is -2.43. The van der Waals surface area contributed by atoms with Gasteiger partial charge in [-0.2, -0.15) is 0 Å². The minimum atomic E-state index is -0.399. The first kappa shape index (κ1) is 19.5. The van der Waals surface area contributed by atoms with Gasteiger partial charge in [0, 0.05) is 23.5 Å². The van der Waals surface area contributed by atoms with Crippen molar-refractivity contribution in [2.24, 2.45) is 0 Å². The summed E-state index contributed by atoms with van der Waals surface area (Å²) in [6.07, 6.45) is 3.80. The molecule has 0 aliphatic heterocycles. The molecule has 0 spiro atoms. The Hall–Kier alpha value is -3.28. The van der Waals surface area contributed by atoms with Crippen molar-refractivity contribution in [3.63, 3.8) is 0 Å². The number of hydrazine groups is 1. The number of rotatable bonds is 7. The molecule has 2 amide bonds. The second-order valence-corrected chi connectivity index (χ2v) is 6.92. The Labute approximate surface area is 164 Å². The van der Waals surface area contributed by atoms with Crippen LogP contribution in [0.15, 0.2) is 48.7 Å². The average Bonchev–Trinajstić information content (AvgIpc) is 3.07. The lowest BCUT2D eigenvalue weighted by atomic mass is 10.1. The Morgan fingerprint density at radius 1 is 1.00 bits per heavy atom. The van der Waals surface area contributed by atoms with Crippen molar-refractivity contribution in [3.05, 3.63) is 65.4 Å². The van der Waals surface area contributed by atoms with Gasteiger partial charge < -0.3 is 9.72 Å². The van der Waals surface area contributed by atoms with Gasteiger partial charge in [-0.1, -0.05) is 24.3 Å². The summed E-state index contributed by atoms with van der Waals surface area (Å²) in [6.45, 7) is 3.78. The summed E-state index contributed by atoms with van der Waals surface area (Å²) >= 11 is 0. The van der Waals surface area contributed by atoms with E-state index in [0.29, 0.717) is 18.6 Å². The number of aromatic nitrogens is 1. The van der Waals surface area contributed by atoms with Crippen LogP contribution < -0.4 is 15.6 Å². The topological polar surface area (TPSA) is 83.2 Å².